The fourth-order valence-electron chi connectivity index (χ4n) is 0.996. The summed E-state index contributed by atoms with van der Waals surface area (Å²) in [5.41, 5.74) is 0.0833. The van der Waals surface area contributed by atoms with Crippen molar-refractivity contribution >= 4 is 0 Å². The predicted molar refractivity (Wildman–Crippen MR) is 33.7 cm³/mol. The van der Waals surface area contributed by atoms with Gasteiger partial charge in [0.25, 0.3) is 0 Å². The molecule has 1 nitrogen and oxygen atoms in total. The Morgan fingerprint density at radius 3 is 2.12 bits per heavy atom. The smallest absolute Gasteiger partial charge is 0.0909 e. The number of allylic oxidation sites excluding steroid dienone is 1. The quantitative estimate of drug-likeness (QED) is 0.516. The summed E-state index contributed by atoms with van der Waals surface area (Å²) >= 11 is 0. The van der Waals surface area contributed by atoms with E-state index in [1.165, 1.54) is 6.42 Å². The van der Waals surface area contributed by atoms with Gasteiger partial charge in [0.1, 0.15) is 0 Å². The van der Waals surface area contributed by atoms with Gasteiger partial charge < -0.3 is 5.11 Å². The average molecular weight is 112 g/mol. The van der Waals surface area contributed by atoms with Gasteiger partial charge in [0.2, 0.25) is 0 Å². The lowest BCUT2D eigenvalue weighted by atomic mass is 9.69. The van der Waals surface area contributed by atoms with Gasteiger partial charge in [-0.05, 0) is 12.8 Å². The Hall–Kier alpha value is -0.460. The van der Waals surface area contributed by atoms with Crippen LogP contribution in [-0.2, 0) is 0 Å². The molecule has 1 aliphatic rings. The van der Waals surface area contributed by atoms with Crippen molar-refractivity contribution in [1.29, 1.82) is 0 Å². The van der Waals surface area contributed by atoms with Crippen molar-refractivity contribution in [3.8, 4) is 0 Å². The highest BCUT2D eigenvalue weighted by atomic mass is 16.3. The summed E-state index contributed by atoms with van der Waals surface area (Å²) in [5.74, 6) is 0.365. The van der Waals surface area contributed by atoms with Crippen LogP contribution in [0.15, 0.2) is 12.3 Å². The minimum atomic E-state index is 0.0833. The molecule has 0 atom stereocenters. The van der Waals surface area contributed by atoms with Gasteiger partial charge in [-0.25, -0.2) is 0 Å². The topological polar surface area (TPSA) is 20.2 Å². The van der Waals surface area contributed by atoms with E-state index in [2.05, 4.69) is 13.5 Å². The number of hydrogen-bond acceptors (Lipinski definition) is 1. The molecule has 1 fully saturated rings. The molecule has 0 radical (unpaired) electrons. The predicted octanol–water partition coefficient (Wildman–Crippen LogP) is 2.25. The van der Waals surface area contributed by atoms with Crippen LogP contribution in [0.5, 0.6) is 0 Å². The maximum Gasteiger partial charge on any atom is 0.0909 e. The third-order valence-corrected chi connectivity index (χ3v) is 2.15. The van der Waals surface area contributed by atoms with E-state index in [1.807, 2.05) is 0 Å². The van der Waals surface area contributed by atoms with Crippen LogP contribution >= 0.6 is 0 Å². The van der Waals surface area contributed by atoms with Crippen LogP contribution in [0.2, 0.25) is 0 Å². The zero-order valence-corrected chi connectivity index (χ0v) is 5.28. The highest BCUT2D eigenvalue weighted by Gasteiger charge is 2.34. The van der Waals surface area contributed by atoms with E-state index in [9.17, 15) is 0 Å². The number of hydrogen-bond donors (Lipinski definition) is 1. The maximum atomic E-state index is 8.94. The molecule has 0 aliphatic heterocycles. The van der Waals surface area contributed by atoms with E-state index >= 15 is 0 Å². The van der Waals surface area contributed by atoms with Crippen molar-refractivity contribution in [2.24, 2.45) is 5.41 Å². The molecule has 1 aliphatic carbocycles. The van der Waals surface area contributed by atoms with E-state index in [1.54, 1.807) is 0 Å². The molecular formula is C7H12O. The zero-order chi connectivity index (χ0) is 6.20. The fraction of sp³-hybridized carbons (Fsp3) is 0.714. The van der Waals surface area contributed by atoms with Gasteiger partial charge in [0.15, 0.2) is 0 Å². The molecular weight excluding hydrogens is 100 g/mol. The molecule has 0 heterocycles. The second-order valence-electron chi connectivity index (χ2n) is 2.86. The summed E-state index contributed by atoms with van der Waals surface area (Å²) in [6.45, 7) is 5.56. The molecule has 1 rings (SSSR count). The molecule has 1 saturated carbocycles. The van der Waals surface area contributed by atoms with E-state index in [-0.39, 0.29) is 5.41 Å². The van der Waals surface area contributed by atoms with Crippen LogP contribution in [0.25, 0.3) is 0 Å². The van der Waals surface area contributed by atoms with Crippen molar-refractivity contribution in [3.63, 3.8) is 0 Å². The summed E-state index contributed by atoms with van der Waals surface area (Å²) in [7, 11) is 0. The Balaban J connectivity index is 2.53. The molecule has 1 heteroatoms. The molecule has 0 aromatic rings. The second kappa shape index (κ2) is 1.51. The Bertz CT molecular complexity index is 112. The lowest BCUT2D eigenvalue weighted by Crippen LogP contribution is -2.26. The van der Waals surface area contributed by atoms with Crippen LogP contribution in [0.1, 0.15) is 26.2 Å². The standard InChI is InChI=1S/C7H12O/c1-6(8)7(2)4-3-5-7/h8H,1,3-5H2,2H3. The minimum absolute atomic E-state index is 0.0833. The summed E-state index contributed by atoms with van der Waals surface area (Å²) in [4.78, 5) is 0. The molecule has 0 saturated heterocycles. The molecule has 46 valence electrons. The Morgan fingerprint density at radius 1 is 1.62 bits per heavy atom. The van der Waals surface area contributed by atoms with Gasteiger partial charge >= 0.3 is 0 Å². The normalized spacial score (nSPS) is 24.1. The minimum Gasteiger partial charge on any atom is -0.512 e. The van der Waals surface area contributed by atoms with Crippen molar-refractivity contribution in [2.75, 3.05) is 0 Å². The van der Waals surface area contributed by atoms with Gasteiger partial charge in [-0.15, -0.1) is 0 Å². The van der Waals surface area contributed by atoms with Gasteiger partial charge in [-0.2, -0.15) is 0 Å². The van der Waals surface area contributed by atoms with E-state index in [0.717, 1.165) is 12.8 Å². The first-order valence-corrected chi connectivity index (χ1v) is 3.03. The Labute approximate surface area is 50.0 Å². The maximum absolute atomic E-state index is 8.94. The number of aliphatic hydroxyl groups is 1. The molecule has 0 aromatic carbocycles. The number of rotatable bonds is 1. The van der Waals surface area contributed by atoms with Crippen LogP contribution < -0.4 is 0 Å². The fourth-order valence-corrected chi connectivity index (χ4v) is 0.996. The molecule has 0 unspecified atom stereocenters. The monoisotopic (exact) mass is 112 g/mol. The van der Waals surface area contributed by atoms with Crippen LogP contribution in [0.4, 0.5) is 0 Å². The summed E-state index contributed by atoms with van der Waals surface area (Å²) in [5, 5.41) is 8.94. The van der Waals surface area contributed by atoms with Gasteiger partial charge in [-0.1, -0.05) is 19.9 Å². The lowest BCUT2D eigenvalue weighted by Gasteiger charge is -2.36. The van der Waals surface area contributed by atoms with E-state index in [0.29, 0.717) is 5.76 Å². The van der Waals surface area contributed by atoms with Gasteiger partial charge in [0, 0.05) is 5.41 Å². The van der Waals surface area contributed by atoms with E-state index in [4.69, 9.17) is 5.11 Å². The molecule has 0 aromatic heterocycles. The molecule has 0 spiro atoms. The average Bonchev–Trinajstić information content (AvgIpc) is 1.60. The first-order chi connectivity index (χ1) is 3.65. The first-order valence-electron chi connectivity index (χ1n) is 3.03. The highest BCUT2D eigenvalue weighted by Crippen LogP contribution is 2.44. The zero-order valence-electron chi connectivity index (χ0n) is 5.28. The SMILES string of the molecule is C=C(O)C1(C)CCC1. The van der Waals surface area contributed by atoms with Crippen molar-refractivity contribution in [2.45, 2.75) is 26.2 Å². The molecule has 0 amide bonds. The van der Waals surface area contributed by atoms with Gasteiger partial charge in [-0.3, -0.25) is 0 Å². The summed E-state index contributed by atoms with van der Waals surface area (Å²) in [6, 6.07) is 0. The molecule has 0 bridgehead atoms. The van der Waals surface area contributed by atoms with Gasteiger partial charge in [0.05, 0.1) is 5.76 Å². The Morgan fingerprint density at radius 2 is 2.12 bits per heavy atom. The van der Waals surface area contributed by atoms with Crippen molar-refractivity contribution in [1.82, 2.24) is 0 Å². The molecule has 8 heavy (non-hydrogen) atoms. The third-order valence-electron chi connectivity index (χ3n) is 2.15. The largest absolute Gasteiger partial charge is 0.512 e. The summed E-state index contributed by atoms with van der Waals surface area (Å²) < 4.78 is 0. The second-order valence-corrected chi connectivity index (χ2v) is 2.86. The molecule has 1 N–H and O–H groups in total. The van der Waals surface area contributed by atoms with E-state index < -0.39 is 0 Å². The summed E-state index contributed by atoms with van der Waals surface area (Å²) in [6.07, 6.45) is 3.47. The van der Waals surface area contributed by atoms with Crippen molar-refractivity contribution in [3.05, 3.63) is 12.3 Å². The Kier molecular flexibility index (Phi) is 1.07. The van der Waals surface area contributed by atoms with Crippen LogP contribution in [0.3, 0.4) is 0 Å². The lowest BCUT2D eigenvalue weighted by molar-refractivity contribution is 0.136. The number of aliphatic hydroxyl groups excluding tert-OH is 1. The first kappa shape index (κ1) is 5.67. The van der Waals surface area contributed by atoms with Crippen molar-refractivity contribution < 1.29 is 5.11 Å². The highest BCUT2D eigenvalue weighted by molar-refractivity contribution is 5.03. The van der Waals surface area contributed by atoms with Crippen LogP contribution in [0, 0.1) is 5.41 Å². The third kappa shape index (κ3) is 0.623. The van der Waals surface area contributed by atoms with Crippen LogP contribution in [-0.4, -0.2) is 5.11 Å².